The fourth-order valence-corrected chi connectivity index (χ4v) is 2.91. The summed E-state index contributed by atoms with van der Waals surface area (Å²) >= 11 is 0. The lowest BCUT2D eigenvalue weighted by Gasteiger charge is -2.17. The molecule has 0 aliphatic heterocycles. The number of hydrogen-bond donors (Lipinski definition) is 1. The van der Waals surface area contributed by atoms with Crippen molar-refractivity contribution in [1.29, 1.82) is 0 Å². The molecule has 0 fully saturated rings. The fraction of sp³-hybridized carbons (Fsp3) is 0.182. The van der Waals surface area contributed by atoms with Gasteiger partial charge in [-0.15, -0.1) is 0 Å². The van der Waals surface area contributed by atoms with Crippen molar-refractivity contribution in [2.45, 2.75) is 12.5 Å². The van der Waals surface area contributed by atoms with E-state index in [2.05, 4.69) is 15.0 Å². The van der Waals surface area contributed by atoms with Crippen LogP contribution in [0.4, 0.5) is 0 Å². The summed E-state index contributed by atoms with van der Waals surface area (Å²) < 4.78 is 9.50. The molecular formula is C22H20N2O5. The Morgan fingerprint density at radius 3 is 2.45 bits per heavy atom. The first-order valence-electron chi connectivity index (χ1n) is 8.93. The van der Waals surface area contributed by atoms with E-state index >= 15 is 0 Å². The number of rotatable bonds is 6. The molecule has 1 N–H and O–H groups in total. The van der Waals surface area contributed by atoms with Gasteiger partial charge in [-0.25, -0.2) is 9.59 Å². The molecule has 0 radical (unpaired) electrons. The minimum absolute atomic E-state index is 0.167. The molecule has 0 bridgehead atoms. The highest BCUT2D eigenvalue weighted by Crippen LogP contribution is 2.14. The molecule has 7 nitrogen and oxygen atoms in total. The van der Waals surface area contributed by atoms with Gasteiger partial charge in [0.2, 0.25) is 0 Å². The van der Waals surface area contributed by atoms with Crippen LogP contribution in [-0.4, -0.2) is 43.1 Å². The molecule has 148 valence electrons. The van der Waals surface area contributed by atoms with Crippen LogP contribution in [0.1, 0.15) is 26.4 Å². The Kier molecular flexibility index (Phi) is 6.19. The summed E-state index contributed by atoms with van der Waals surface area (Å²) in [6.07, 6.45) is 0.167. The van der Waals surface area contributed by atoms with E-state index in [1.165, 1.54) is 20.3 Å². The molecule has 1 heterocycles. The fourth-order valence-electron chi connectivity index (χ4n) is 2.91. The molecule has 2 aromatic carbocycles. The summed E-state index contributed by atoms with van der Waals surface area (Å²) in [4.78, 5) is 41.1. The summed E-state index contributed by atoms with van der Waals surface area (Å²) in [5, 5.41) is 3.64. The predicted octanol–water partition coefficient (Wildman–Crippen LogP) is 2.54. The smallest absolute Gasteiger partial charge is 0.337 e. The molecule has 0 spiro atoms. The van der Waals surface area contributed by atoms with Gasteiger partial charge in [-0.1, -0.05) is 30.3 Å². The molecule has 3 aromatic rings. The lowest BCUT2D eigenvalue weighted by Crippen LogP contribution is -2.43. The maximum Gasteiger partial charge on any atom is 0.337 e. The van der Waals surface area contributed by atoms with Crippen LogP contribution < -0.4 is 5.32 Å². The maximum atomic E-state index is 12.6. The first-order chi connectivity index (χ1) is 14.0. The Hall–Kier alpha value is -3.74. The van der Waals surface area contributed by atoms with Crippen molar-refractivity contribution in [3.63, 3.8) is 0 Å². The van der Waals surface area contributed by atoms with Gasteiger partial charge in [0.1, 0.15) is 6.04 Å². The van der Waals surface area contributed by atoms with E-state index in [0.29, 0.717) is 5.69 Å². The van der Waals surface area contributed by atoms with Crippen LogP contribution in [0.2, 0.25) is 0 Å². The van der Waals surface area contributed by atoms with E-state index in [-0.39, 0.29) is 17.5 Å². The average molecular weight is 392 g/mol. The zero-order valence-corrected chi connectivity index (χ0v) is 16.0. The molecule has 0 unspecified atom stereocenters. The van der Waals surface area contributed by atoms with Crippen molar-refractivity contribution in [2.24, 2.45) is 0 Å². The second kappa shape index (κ2) is 8.97. The van der Waals surface area contributed by atoms with Crippen molar-refractivity contribution in [1.82, 2.24) is 10.3 Å². The van der Waals surface area contributed by atoms with Crippen LogP contribution in [0.5, 0.6) is 0 Å². The molecule has 1 atom stereocenters. The third-order valence-electron chi connectivity index (χ3n) is 4.41. The second-order valence-corrected chi connectivity index (χ2v) is 6.32. The number of amides is 1. The minimum atomic E-state index is -0.928. The minimum Gasteiger partial charge on any atom is -0.467 e. The van der Waals surface area contributed by atoms with Crippen molar-refractivity contribution >= 4 is 28.7 Å². The summed E-state index contributed by atoms with van der Waals surface area (Å²) in [5.74, 6) is -1.64. The number of esters is 2. The Morgan fingerprint density at radius 1 is 0.931 bits per heavy atom. The van der Waals surface area contributed by atoms with Crippen LogP contribution in [0, 0.1) is 0 Å². The number of aromatic nitrogens is 1. The van der Waals surface area contributed by atoms with Crippen molar-refractivity contribution < 1.29 is 23.9 Å². The molecule has 0 aliphatic rings. The number of ether oxygens (including phenoxy) is 2. The molecular weight excluding hydrogens is 372 g/mol. The molecule has 1 amide bonds. The van der Waals surface area contributed by atoms with E-state index in [9.17, 15) is 14.4 Å². The van der Waals surface area contributed by atoms with Crippen LogP contribution in [0.3, 0.4) is 0 Å². The monoisotopic (exact) mass is 392 g/mol. The maximum absolute atomic E-state index is 12.6. The lowest BCUT2D eigenvalue weighted by molar-refractivity contribution is -0.142. The lowest BCUT2D eigenvalue weighted by atomic mass is 10.1. The highest BCUT2D eigenvalue weighted by molar-refractivity contribution is 5.99. The Labute approximate surface area is 167 Å². The number of fused-ring (bicyclic) bond motifs is 1. The van der Waals surface area contributed by atoms with Gasteiger partial charge in [0.05, 0.1) is 25.3 Å². The number of hydrogen-bond acceptors (Lipinski definition) is 6. The number of carbonyl (C=O) groups excluding carboxylic acids is 3. The highest BCUT2D eigenvalue weighted by atomic mass is 16.5. The first kappa shape index (κ1) is 20.0. The van der Waals surface area contributed by atoms with E-state index in [4.69, 9.17) is 4.74 Å². The highest BCUT2D eigenvalue weighted by Gasteiger charge is 2.23. The largest absolute Gasteiger partial charge is 0.467 e. The number of nitrogens with one attached hydrogen (secondary N) is 1. The number of methoxy groups -OCH3 is 2. The van der Waals surface area contributed by atoms with Gasteiger partial charge >= 0.3 is 11.9 Å². The number of carbonyl (C=O) groups is 3. The van der Waals surface area contributed by atoms with Gasteiger partial charge in [-0.3, -0.25) is 9.78 Å². The van der Waals surface area contributed by atoms with Crippen molar-refractivity contribution in [2.75, 3.05) is 14.2 Å². The Morgan fingerprint density at radius 2 is 1.69 bits per heavy atom. The molecule has 0 saturated heterocycles. The first-order valence-corrected chi connectivity index (χ1v) is 8.93. The van der Waals surface area contributed by atoms with Gasteiger partial charge in [0.25, 0.3) is 5.91 Å². The molecule has 0 saturated carbocycles. The molecule has 0 aliphatic carbocycles. The number of para-hydroxylation sites is 1. The van der Waals surface area contributed by atoms with Crippen LogP contribution in [0.15, 0.2) is 60.7 Å². The van der Waals surface area contributed by atoms with Gasteiger partial charge in [-0.2, -0.15) is 0 Å². The van der Waals surface area contributed by atoms with Crippen LogP contribution in [-0.2, 0) is 20.7 Å². The normalized spacial score (nSPS) is 11.5. The van der Waals surface area contributed by atoms with Gasteiger partial charge in [-0.05, 0) is 30.3 Å². The van der Waals surface area contributed by atoms with Gasteiger partial charge in [0, 0.05) is 23.1 Å². The van der Waals surface area contributed by atoms with E-state index in [1.54, 1.807) is 18.2 Å². The number of pyridine rings is 1. The molecule has 7 heteroatoms. The predicted molar refractivity (Wildman–Crippen MR) is 106 cm³/mol. The molecule has 3 rings (SSSR count). The zero-order chi connectivity index (χ0) is 20.8. The summed E-state index contributed by atoms with van der Waals surface area (Å²) in [7, 11) is 2.52. The second-order valence-electron chi connectivity index (χ2n) is 6.32. The van der Waals surface area contributed by atoms with E-state index in [0.717, 1.165) is 10.9 Å². The van der Waals surface area contributed by atoms with Crippen LogP contribution >= 0.6 is 0 Å². The third kappa shape index (κ3) is 4.76. The summed E-state index contributed by atoms with van der Waals surface area (Å²) in [6.45, 7) is 0. The van der Waals surface area contributed by atoms with Gasteiger partial charge < -0.3 is 14.8 Å². The zero-order valence-electron chi connectivity index (χ0n) is 16.0. The van der Waals surface area contributed by atoms with E-state index in [1.807, 2.05) is 36.4 Å². The number of nitrogens with zero attached hydrogens (tertiary/aromatic N) is 1. The van der Waals surface area contributed by atoms with Crippen LogP contribution in [0.25, 0.3) is 10.9 Å². The van der Waals surface area contributed by atoms with Crippen molar-refractivity contribution in [3.05, 3.63) is 77.5 Å². The summed E-state index contributed by atoms with van der Waals surface area (Å²) in [6, 6.07) is 16.5. The summed E-state index contributed by atoms with van der Waals surface area (Å²) in [5.41, 5.74) is 1.91. The van der Waals surface area contributed by atoms with E-state index < -0.39 is 23.9 Å². The number of benzene rings is 2. The van der Waals surface area contributed by atoms with Crippen molar-refractivity contribution in [3.8, 4) is 0 Å². The Balaban J connectivity index is 1.80. The molecule has 1 aromatic heterocycles. The topological polar surface area (TPSA) is 94.6 Å². The standard InChI is InChI=1S/C22H20N2O5/c1-28-21(26)16-8-5-7-15(12-16)20(25)24-19(22(27)29-2)13-17-11-10-14-6-3-4-9-18(14)23-17/h3-12,19H,13H2,1-2H3,(H,24,25)/t19-/m1/s1. The SMILES string of the molecule is COC(=O)c1cccc(C(=O)N[C@H](Cc2ccc3ccccc3n2)C(=O)OC)c1. The van der Waals surface area contributed by atoms with Gasteiger partial charge in [0.15, 0.2) is 0 Å². The Bertz CT molecular complexity index is 1060. The molecule has 29 heavy (non-hydrogen) atoms. The third-order valence-corrected chi connectivity index (χ3v) is 4.41. The average Bonchev–Trinajstić information content (AvgIpc) is 2.77. The quantitative estimate of drug-likeness (QED) is 0.648.